The first kappa shape index (κ1) is 13.4. The van der Waals surface area contributed by atoms with Gasteiger partial charge in [-0.15, -0.1) is 0 Å². The smallest absolute Gasteiger partial charge is 0.131 e. The van der Waals surface area contributed by atoms with Gasteiger partial charge in [0.15, 0.2) is 0 Å². The van der Waals surface area contributed by atoms with E-state index in [0.29, 0.717) is 12.5 Å². The first-order valence-electron chi connectivity index (χ1n) is 6.10. The third-order valence-electron chi connectivity index (χ3n) is 3.19. The Morgan fingerprint density at radius 2 is 1.78 bits per heavy atom. The van der Waals surface area contributed by atoms with E-state index in [1.165, 1.54) is 6.07 Å². The topological polar surface area (TPSA) is 52.5 Å². The van der Waals surface area contributed by atoms with E-state index in [-0.39, 0.29) is 12.1 Å². The number of halogens is 2. The third kappa shape index (κ3) is 3.25. The highest BCUT2D eigenvalue weighted by molar-refractivity contribution is 5.22. The molecule has 1 fully saturated rings. The summed E-state index contributed by atoms with van der Waals surface area (Å²) in [5, 5.41) is 22.1. The summed E-state index contributed by atoms with van der Waals surface area (Å²) in [6.07, 6.45) is 0.348. The fraction of sp³-hybridized carbons (Fsp3) is 0.538. The molecule has 3 N–H and O–H groups in total. The lowest BCUT2D eigenvalue weighted by Crippen LogP contribution is -2.31. The molecule has 1 aromatic carbocycles. The Bertz CT molecular complexity index is 390. The first-order valence-corrected chi connectivity index (χ1v) is 6.10. The molecule has 0 aromatic heterocycles. The van der Waals surface area contributed by atoms with Gasteiger partial charge < -0.3 is 15.5 Å². The monoisotopic (exact) mass is 257 g/mol. The van der Waals surface area contributed by atoms with Crippen molar-refractivity contribution in [3.8, 4) is 0 Å². The summed E-state index contributed by atoms with van der Waals surface area (Å²) in [6, 6.07) is 3.48. The maximum atomic E-state index is 13.3. The number of aliphatic hydroxyl groups is 2. The van der Waals surface area contributed by atoms with Crippen LogP contribution in [0, 0.1) is 17.6 Å². The summed E-state index contributed by atoms with van der Waals surface area (Å²) in [4.78, 5) is 0. The molecule has 3 nitrogen and oxygen atoms in total. The number of rotatable bonds is 6. The molecular weight excluding hydrogens is 240 g/mol. The molecule has 0 spiro atoms. The van der Waals surface area contributed by atoms with Gasteiger partial charge in [-0.2, -0.15) is 0 Å². The molecule has 1 aliphatic carbocycles. The van der Waals surface area contributed by atoms with Crippen molar-refractivity contribution in [2.75, 3.05) is 13.1 Å². The van der Waals surface area contributed by atoms with Gasteiger partial charge in [0.25, 0.3) is 0 Å². The fourth-order valence-corrected chi connectivity index (χ4v) is 1.95. The second-order valence-corrected chi connectivity index (χ2v) is 4.71. The number of aliphatic hydroxyl groups excluding tert-OH is 2. The summed E-state index contributed by atoms with van der Waals surface area (Å²) < 4.78 is 26.7. The highest BCUT2D eigenvalue weighted by atomic mass is 19.1. The van der Waals surface area contributed by atoms with E-state index >= 15 is 0 Å². The predicted molar refractivity (Wildman–Crippen MR) is 62.9 cm³/mol. The number of benzene rings is 1. The van der Waals surface area contributed by atoms with Crippen LogP contribution >= 0.6 is 0 Å². The Balaban J connectivity index is 1.85. The Labute approximate surface area is 104 Å². The van der Waals surface area contributed by atoms with Crippen LogP contribution < -0.4 is 5.32 Å². The van der Waals surface area contributed by atoms with E-state index in [2.05, 4.69) is 5.32 Å². The maximum Gasteiger partial charge on any atom is 0.131 e. The van der Waals surface area contributed by atoms with Crippen LogP contribution in [0.4, 0.5) is 8.78 Å². The molecule has 0 amide bonds. The molecule has 0 bridgehead atoms. The maximum absolute atomic E-state index is 13.3. The van der Waals surface area contributed by atoms with Gasteiger partial charge in [-0.1, -0.05) is 6.07 Å². The molecule has 18 heavy (non-hydrogen) atoms. The third-order valence-corrected chi connectivity index (χ3v) is 3.19. The van der Waals surface area contributed by atoms with E-state index < -0.39 is 23.8 Å². The minimum atomic E-state index is -1.25. The SMILES string of the molecule is OC(CNCC(O)C1CC1)c1c(F)cccc1F. The average Bonchev–Trinajstić information content (AvgIpc) is 3.12. The van der Waals surface area contributed by atoms with Crippen LogP contribution in [-0.4, -0.2) is 29.4 Å². The molecule has 0 radical (unpaired) electrons. The highest BCUT2D eigenvalue weighted by Crippen LogP contribution is 2.32. The van der Waals surface area contributed by atoms with Crippen molar-refractivity contribution in [1.29, 1.82) is 0 Å². The summed E-state index contributed by atoms with van der Waals surface area (Å²) in [7, 11) is 0. The van der Waals surface area contributed by atoms with Crippen LogP contribution in [0.2, 0.25) is 0 Å². The van der Waals surface area contributed by atoms with Crippen molar-refractivity contribution in [1.82, 2.24) is 5.32 Å². The zero-order valence-electron chi connectivity index (χ0n) is 9.94. The standard InChI is InChI=1S/C13H17F2NO2/c14-9-2-1-3-10(15)13(9)12(18)7-16-6-11(17)8-4-5-8/h1-3,8,11-12,16-18H,4-7H2. The largest absolute Gasteiger partial charge is 0.392 e. The average molecular weight is 257 g/mol. The van der Waals surface area contributed by atoms with E-state index in [1.54, 1.807) is 0 Å². The van der Waals surface area contributed by atoms with Crippen molar-refractivity contribution in [3.63, 3.8) is 0 Å². The molecule has 2 rings (SSSR count). The van der Waals surface area contributed by atoms with Gasteiger partial charge in [-0.25, -0.2) is 8.78 Å². The number of nitrogens with one attached hydrogen (secondary N) is 1. The van der Waals surface area contributed by atoms with Crippen LogP contribution in [-0.2, 0) is 0 Å². The molecule has 100 valence electrons. The Morgan fingerprint density at radius 3 is 2.33 bits per heavy atom. The molecule has 1 aromatic rings. The van der Waals surface area contributed by atoms with Crippen LogP contribution in [0.1, 0.15) is 24.5 Å². The zero-order chi connectivity index (χ0) is 13.1. The van der Waals surface area contributed by atoms with E-state index in [0.717, 1.165) is 25.0 Å². The Morgan fingerprint density at radius 1 is 1.17 bits per heavy atom. The van der Waals surface area contributed by atoms with Crippen molar-refractivity contribution in [3.05, 3.63) is 35.4 Å². The molecule has 5 heteroatoms. The molecule has 0 aliphatic heterocycles. The second kappa shape index (κ2) is 5.73. The molecule has 0 heterocycles. The molecule has 1 aliphatic rings. The predicted octanol–water partition coefficient (Wildman–Crippen LogP) is 1.36. The van der Waals surface area contributed by atoms with Crippen molar-refractivity contribution >= 4 is 0 Å². The minimum absolute atomic E-state index is 0.0155. The van der Waals surface area contributed by atoms with Gasteiger partial charge in [-0.3, -0.25) is 0 Å². The van der Waals surface area contributed by atoms with Crippen molar-refractivity contribution in [2.24, 2.45) is 5.92 Å². The van der Waals surface area contributed by atoms with Gasteiger partial charge >= 0.3 is 0 Å². The molecule has 2 unspecified atom stereocenters. The quantitative estimate of drug-likeness (QED) is 0.721. The first-order chi connectivity index (χ1) is 8.59. The van der Waals surface area contributed by atoms with Gasteiger partial charge in [-0.05, 0) is 30.9 Å². The van der Waals surface area contributed by atoms with Crippen molar-refractivity contribution in [2.45, 2.75) is 25.0 Å². The van der Waals surface area contributed by atoms with Gasteiger partial charge in [0.05, 0.1) is 17.8 Å². The normalized spacial score (nSPS) is 18.7. The molecular formula is C13H17F2NO2. The van der Waals surface area contributed by atoms with E-state index in [9.17, 15) is 19.0 Å². The summed E-state index contributed by atoms with van der Waals surface area (Å²) in [5.41, 5.74) is -0.328. The highest BCUT2D eigenvalue weighted by Gasteiger charge is 2.29. The van der Waals surface area contributed by atoms with Gasteiger partial charge in [0.2, 0.25) is 0 Å². The Hall–Kier alpha value is -1.04. The zero-order valence-corrected chi connectivity index (χ0v) is 9.94. The van der Waals surface area contributed by atoms with Crippen LogP contribution in [0.25, 0.3) is 0 Å². The number of hydrogen-bond donors (Lipinski definition) is 3. The Kier molecular flexibility index (Phi) is 4.27. The molecule has 1 saturated carbocycles. The van der Waals surface area contributed by atoms with E-state index in [1.807, 2.05) is 0 Å². The van der Waals surface area contributed by atoms with Crippen LogP contribution in [0.15, 0.2) is 18.2 Å². The lowest BCUT2D eigenvalue weighted by atomic mass is 10.1. The second-order valence-electron chi connectivity index (χ2n) is 4.71. The lowest BCUT2D eigenvalue weighted by Gasteiger charge is -2.15. The molecule has 0 saturated heterocycles. The fourth-order valence-electron chi connectivity index (χ4n) is 1.95. The van der Waals surface area contributed by atoms with Crippen molar-refractivity contribution < 1.29 is 19.0 Å². The lowest BCUT2D eigenvalue weighted by molar-refractivity contribution is 0.129. The summed E-state index contributed by atoms with van der Waals surface area (Å²) >= 11 is 0. The van der Waals surface area contributed by atoms with Crippen LogP contribution in [0.3, 0.4) is 0 Å². The molecule has 2 atom stereocenters. The minimum Gasteiger partial charge on any atom is -0.392 e. The van der Waals surface area contributed by atoms with E-state index in [4.69, 9.17) is 0 Å². The van der Waals surface area contributed by atoms with Crippen LogP contribution in [0.5, 0.6) is 0 Å². The summed E-state index contributed by atoms with van der Waals surface area (Å²) in [5.74, 6) is -1.18. The van der Waals surface area contributed by atoms with Gasteiger partial charge in [0, 0.05) is 13.1 Å². The summed E-state index contributed by atoms with van der Waals surface area (Å²) in [6.45, 7) is 0.347. The van der Waals surface area contributed by atoms with Gasteiger partial charge in [0.1, 0.15) is 11.6 Å². The number of hydrogen-bond acceptors (Lipinski definition) is 3.